The van der Waals surface area contributed by atoms with Gasteiger partial charge in [0, 0.05) is 28.5 Å². The number of benzene rings is 4. The number of anilines is 1. The lowest BCUT2D eigenvalue weighted by Gasteiger charge is -2.35. The Morgan fingerprint density at radius 1 is 0.783 bits per heavy atom. The Morgan fingerprint density at radius 2 is 1.37 bits per heavy atom. The predicted octanol–water partition coefficient (Wildman–Crippen LogP) is 7.36. The zero-order valence-electron chi connectivity index (χ0n) is 26.6. The van der Waals surface area contributed by atoms with Crippen molar-refractivity contribution in [3.63, 3.8) is 0 Å². The van der Waals surface area contributed by atoms with Crippen LogP contribution >= 0.6 is 23.2 Å². The molecule has 0 heterocycles. The lowest BCUT2D eigenvalue weighted by atomic mass is 10.0. The number of amides is 2. The summed E-state index contributed by atoms with van der Waals surface area (Å²) >= 11 is 12.2. The molecule has 10 heteroatoms. The number of sulfonamides is 1. The van der Waals surface area contributed by atoms with Crippen LogP contribution in [0.25, 0.3) is 0 Å². The summed E-state index contributed by atoms with van der Waals surface area (Å²) in [6, 6.07) is 26.5. The van der Waals surface area contributed by atoms with Crippen molar-refractivity contribution in [2.24, 2.45) is 0 Å². The number of hydrogen-bond acceptors (Lipinski definition) is 4. The van der Waals surface area contributed by atoms with Gasteiger partial charge in [0.05, 0.1) is 10.6 Å². The van der Waals surface area contributed by atoms with E-state index in [1.807, 2.05) is 71.0 Å². The average molecular weight is 681 g/mol. The molecule has 0 aromatic heterocycles. The van der Waals surface area contributed by atoms with E-state index in [1.165, 1.54) is 29.2 Å². The van der Waals surface area contributed by atoms with Crippen LogP contribution in [-0.4, -0.2) is 43.3 Å². The second kappa shape index (κ2) is 14.7. The quantitative estimate of drug-likeness (QED) is 0.179. The van der Waals surface area contributed by atoms with Crippen molar-refractivity contribution in [3.05, 3.63) is 129 Å². The molecule has 2 amide bonds. The first-order chi connectivity index (χ1) is 21.6. The van der Waals surface area contributed by atoms with Gasteiger partial charge in [-0.1, -0.05) is 71.7 Å². The molecule has 1 N–H and O–H groups in total. The Balaban J connectivity index is 1.83. The standard InChI is InChI=1S/C36H39Cl2N3O4S/c1-25-11-18-31(21-26(25)2)41(46(44,45)32-19-16-30(38)17-20-32)24-34(42)40(23-28-12-14-29(37)15-13-28)33(35(43)39-36(3,4)5)22-27-9-7-6-8-10-27/h6-21,33H,22-24H2,1-5H3,(H,39,43). The number of nitrogens with one attached hydrogen (secondary N) is 1. The highest BCUT2D eigenvalue weighted by molar-refractivity contribution is 7.92. The van der Waals surface area contributed by atoms with Crippen molar-refractivity contribution in [3.8, 4) is 0 Å². The van der Waals surface area contributed by atoms with Crippen molar-refractivity contribution < 1.29 is 18.0 Å². The zero-order chi connectivity index (χ0) is 33.6. The number of nitrogens with zero attached hydrogens (tertiary/aromatic N) is 2. The third kappa shape index (κ3) is 9.12. The van der Waals surface area contributed by atoms with Gasteiger partial charge in [-0.2, -0.15) is 0 Å². The number of halogens is 2. The van der Waals surface area contributed by atoms with Gasteiger partial charge in [0.1, 0.15) is 12.6 Å². The first-order valence-electron chi connectivity index (χ1n) is 14.9. The fourth-order valence-corrected chi connectivity index (χ4v) is 6.59. The van der Waals surface area contributed by atoms with Gasteiger partial charge in [-0.3, -0.25) is 13.9 Å². The van der Waals surface area contributed by atoms with E-state index < -0.39 is 34.1 Å². The van der Waals surface area contributed by atoms with Crippen molar-refractivity contribution in [2.45, 2.75) is 64.1 Å². The summed E-state index contributed by atoms with van der Waals surface area (Å²) in [6.07, 6.45) is 0.218. The summed E-state index contributed by atoms with van der Waals surface area (Å²) in [5.74, 6) is -0.896. The summed E-state index contributed by atoms with van der Waals surface area (Å²) in [7, 11) is -4.23. The van der Waals surface area contributed by atoms with Gasteiger partial charge in [-0.05, 0) is 105 Å². The number of aryl methyl sites for hydroxylation is 2. The number of hydrogen-bond donors (Lipinski definition) is 1. The molecule has 0 aliphatic rings. The molecule has 7 nitrogen and oxygen atoms in total. The van der Waals surface area contributed by atoms with E-state index in [0.29, 0.717) is 15.7 Å². The van der Waals surface area contributed by atoms with E-state index >= 15 is 0 Å². The van der Waals surface area contributed by atoms with Crippen LogP contribution in [0.4, 0.5) is 5.69 Å². The summed E-state index contributed by atoms with van der Waals surface area (Å²) in [4.78, 5) is 30.0. The Labute approximate surface area is 282 Å². The monoisotopic (exact) mass is 679 g/mol. The van der Waals surface area contributed by atoms with Gasteiger partial charge in [0.25, 0.3) is 10.0 Å². The first-order valence-corrected chi connectivity index (χ1v) is 17.1. The van der Waals surface area contributed by atoms with E-state index in [0.717, 1.165) is 26.6 Å². The third-order valence-electron chi connectivity index (χ3n) is 7.49. The Kier molecular flexibility index (Phi) is 11.2. The predicted molar refractivity (Wildman–Crippen MR) is 186 cm³/mol. The van der Waals surface area contributed by atoms with Gasteiger partial charge >= 0.3 is 0 Å². The Morgan fingerprint density at radius 3 is 1.93 bits per heavy atom. The number of carbonyl (C=O) groups is 2. The highest BCUT2D eigenvalue weighted by atomic mass is 35.5. The molecule has 0 radical (unpaired) electrons. The van der Waals surface area contributed by atoms with Crippen LogP contribution in [0.5, 0.6) is 0 Å². The molecule has 0 saturated heterocycles. The van der Waals surface area contributed by atoms with E-state index in [9.17, 15) is 18.0 Å². The Bertz CT molecular complexity index is 1770. The Hall–Kier alpha value is -3.85. The van der Waals surface area contributed by atoms with Crippen LogP contribution in [0.2, 0.25) is 10.0 Å². The normalized spacial score (nSPS) is 12.3. The van der Waals surface area contributed by atoms with Gasteiger partial charge in [-0.15, -0.1) is 0 Å². The highest BCUT2D eigenvalue weighted by Crippen LogP contribution is 2.28. The molecule has 0 fully saturated rings. The molecular weight excluding hydrogens is 641 g/mol. The zero-order valence-corrected chi connectivity index (χ0v) is 29.0. The fraction of sp³-hybridized carbons (Fsp3) is 0.278. The molecule has 0 spiro atoms. The first kappa shape index (κ1) is 35.0. The maximum Gasteiger partial charge on any atom is 0.264 e. The van der Waals surface area contributed by atoms with Gasteiger partial charge < -0.3 is 10.2 Å². The van der Waals surface area contributed by atoms with Crippen molar-refractivity contribution in [2.75, 3.05) is 10.8 Å². The molecule has 46 heavy (non-hydrogen) atoms. The van der Waals surface area contributed by atoms with Crippen LogP contribution in [0.3, 0.4) is 0 Å². The number of carbonyl (C=O) groups excluding carboxylic acids is 2. The molecule has 4 aromatic rings. The van der Waals surface area contributed by atoms with Crippen LogP contribution in [0.1, 0.15) is 43.0 Å². The minimum Gasteiger partial charge on any atom is -0.350 e. The minimum absolute atomic E-state index is 0.0153. The maximum absolute atomic E-state index is 14.6. The second-order valence-corrected chi connectivity index (χ2v) is 15.1. The van der Waals surface area contributed by atoms with E-state index in [4.69, 9.17) is 23.2 Å². The molecule has 0 bridgehead atoms. The molecular formula is C36H39Cl2N3O4S. The lowest BCUT2D eigenvalue weighted by Crippen LogP contribution is -2.56. The average Bonchev–Trinajstić information content (AvgIpc) is 2.99. The highest BCUT2D eigenvalue weighted by Gasteiger charge is 2.35. The smallest absolute Gasteiger partial charge is 0.264 e. The summed E-state index contributed by atoms with van der Waals surface area (Å²) in [5.41, 5.74) is 3.18. The van der Waals surface area contributed by atoms with Gasteiger partial charge in [-0.25, -0.2) is 8.42 Å². The second-order valence-electron chi connectivity index (χ2n) is 12.3. The molecule has 4 rings (SSSR count). The maximum atomic E-state index is 14.6. The van der Waals surface area contributed by atoms with Crippen LogP contribution in [0, 0.1) is 13.8 Å². The van der Waals surface area contributed by atoms with Crippen molar-refractivity contribution in [1.29, 1.82) is 0 Å². The molecule has 0 aliphatic heterocycles. The molecule has 0 aliphatic carbocycles. The summed E-state index contributed by atoms with van der Waals surface area (Å²) < 4.78 is 29.5. The molecule has 242 valence electrons. The largest absolute Gasteiger partial charge is 0.350 e. The minimum atomic E-state index is -4.23. The van der Waals surface area contributed by atoms with Crippen LogP contribution in [-0.2, 0) is 32.6 Å². The number of rotatable bonds is 11. The van der Waals surface area contributed by atoms with E-state index in [1.54, 1.807) is 36.4 Å². The van der Waals surface area contributed by atoms with E-state index in [2.05, 4.69) is 5.32 Å². The van der Waals surface area contributed by atoms with Gasteiger partial charge in [0.15, 0.2) is 0 Å². The van der Waals surface area contributed by atoms with E-state index in [-0.39, 0.29) is 23.8 Å². The topological polar surface area (TPSA) is 86.8 Å². The van der Waals surface area contributed by atoms with Crippen LogP contribution < -0.4 is 9.62 Å². The lowest BCUT2D eigenvalue weighted by molar-refractivity contribution is -0.140. The fourth-order valence-electron chi connectivity index (χ4n) is 4.94. The summed E-state index contributed by atoms with van der Waals surface area (Å²) in [6.45, 7) is 8.93. The SMILES string of the molecule is Cc1ccc(N(CC(=O)N(Cc2ccc(Cl)cc2)C(Cc2ccccc2)C(=O)NC(C)(C)C)S(=O)(=O)c2ccc(Cl)cc2)cc1C. The molecule has 4 aromatic carbocycles. The molecule has 1 unspecified atom stereocenters. The van der Waals surface area contributed by atoms with Crippen molar-refractivity contribution in [1.82, 2.24) is 10.2 Å². The van der Waals surface area contributed by atoms with Gasteiger partial charge in [0.2, 0.25) is 11.8 Å². The summed E-state index contributed by atoms with van der Waals surface area (Å²) in [5, 5.41) is 3.95. The van der Waals surface area contributed by atoms with Crippen LogP contribution in [0.15, 0.2) is 102 Å². The van der Waals surface area contributed by atoms with Crippen molar-refractivity contribution >= 4 is 50.7 Å². The molecule has 1 atom stereocenters. The third-order valence-corrected chi connectivity index (χ3v) is 9.79. The molecule has 0 saturated carbocycles.